The van der Waals surface area contributed by atoms with Gasteiger partial charge in [-0.1, -0.05) is 0 Å². The molecule has 2 nitrogen and oxygen atoms in total. The zero-order valence-corrected chi connectivity index (χ0v) is 5.51. The molecule has 0 fully saturated rings. The van der Waals surface area contributed by atoms with Crippen LogP contribution in [0.5, 0.6) is 0 Å². The Balaban J connectivity index is 3.06. The van der Waals surface area contributed by atoms with Crippen molar-refractivity contribution in [3.63, 3.8) is 0 Å². The van der Waals surface area contributed by atoms with Crippen LogP contribution < -0.4 is 0 Å². The topological polar surface area (TPSA) is 25.8 Å². The molecule has 1 heterocycles. The van der Waals surface area contributed by atoms with Gasteiger partial charge in [-0.3, -0.25) is 0 Å². The molecule has 0 saturated heterocycles. The summed E-state index contributed by atoms with van der Waals surface area (Å²) in [6.07, 6.45) is 1.40. The molecule has 0 saturated carbocycles. The van der Waals surface area contributed by atoms with Gasteiger partial charge in [0.1, 0.15) is 0 Å². The van der Waals surface area contributed by atoms with Crippen LogP contribution >= 0.6 is 15.9 Å². The van der Waals surface area contributed by atoms with Gasteiger partial charge in [0.05, 0.1) is 0 Å². The number of hydrogen-bond donors (Lipinski definition) is 0. The van der Waals surface area contributed by atoms with E-state index in [9.17, 15) is 0 Å². The summed E-state index contributed by atoms with van der Waals surface area (Å²) in [5.74, 6) is 0. The van der Waals surface area contributed by atoms with Crippen molar-refractivity contribution >= 4 is 15.9 Å². The maximum atomic E-state index is 6.99. The van der Waals surface area contributed by atoms with E-state index in [0.717, 1.165) is 0 Å². The van der Waals surface area contributed by atoms with E-state index < -0.39 is 6.85 Å². The third kappa shape index (κ3) is 1.26. The largest absolute Gasteiger partial charge is 0.231 e. The maximum absolute atomic E-state index is 6.99. The van der Waals surface area contributed by atoms with Crippen LogP contribution in [0.1, 0.15) is 9.81 Å². The Bertz CT molecular complexity index is 260. The first kappa shape index (κ1) is 2.92. The van der Waals surface area contributed by atoms with Crippen molar-refractivity contribution in [1.82, 2.24) is 9.97 Å². The maximum Gasteiger partial charge on any atom is 0.196 e. The van der Waals surface area contributed by atoms with Crippen LogP contribution in [0.2, 0.25) is 0 Å². The van der Waals surface area contributed by atoms with Crippen molar-refractivity contribution in [2.45, 2.75) is 6.85 Å². The summed E-state index contributed by atoms with van der Waals surface area (Å²) < 4.78 is 21.3. The third-order valence-corrected chi connectivity index (χ3v) is 1.01. The number of nitrogens with zero attached hydrogens (tertiary/aromatic N) is 2. The van der Waals surface area contributed by atoms with Gasteiger partial charge in [-0.2, -0.15) is 0 Å². The highest BCUT2D eigenvalue weighted by molar-refractivity contribution is 9.10. The monoisotopic (exact) mass is 175 g/mol. The molecule has 8 heavy (non-hydrogen) atoms. The summed E-state index contributed by atoms with van der Waals surface area (Å²) in [7, 11) is 0. The lowest BCUT2D eigenvalue weighted by molar-refractivity contribution is 1.06. The second kappa shape index (κ2) is 2.22. The fourth-order valence-corrected chi connectivity index (χ4v) is 0.644. The standard InChI is InChI=1S/C5H5BrN2/c1-4-2-3-7-5(6)8-4/h2-3H,1H3/i1D3. The summed E-state index contributed by atoms with van der Waals surface area (Å²) in [4.78, 5) is 7.40. The van der Waals surface area contributed by atoms with Crippen LogP contribution in [0.25, 0.3) is 0 Å². The quantitative estimate of drug-likeness (QED) is 0.560. The second-order valence-electron chi connectivity index (χ2n) is 1.21. The van der Waals surface area contributed by atoms with Gasteiger partial charge in [-0.05, 0) is 28.8 Å². The normalized spacial score (nSPS) is 16.4. The minimum atomic E-state index is -2.15. The van der Waals surface area contributed by atoms with Gasteiger partial charge in [0.25, 0.3) is 0 Å². The Labute approximate surface area is 60.3 Å². The molecule has 0 aliphatic rings. The van der Waals surface area contributed by atoms with E-state index in [-0.39, 0.29) is 5.69 Å². The highest BCUT2D eigenvalue weighted by Gasteiger charge is 1.85. The van der Waals surface area contributed by atoms with Crippen LogP contribution in [-0.2, 0) is 0 Å². The number of hydrogen-bond acceptors (Lipinski definition) is 2. The fraction of sp³-hybridized carbons (Fsp3) is 0.200. The molecule has 0 radical (unpaired) electrons. The predicted octanol–water partition coefficient (Wildman–Crippen LogP) is 1.55. The van der Waals surface area contributed by atoms with Gasteiger partial charge in [-0.15, -0.1) is 0 Å². The zero-order chi connectivity index (χ0) is 8.48. The number of halogens is 1. The van der Waals surface area contributed by atoms with E-state index in [1.807, 2.05) is 0 Å². The van der Waals surface area contributed by atoms with Gasteiger partial charge < -0.3 is 0 Å². The molecule has 1 aromatic heterocycles. The van der Waals surface area contributed by atoms with E-state index in [1.54, 1.807) is 0 Å². The van der Waals surface area contributed by atoms with Gasteiger partial charge in [0.2, 0.25) is 0 Å². The van der Waals surface area contributed by atoms with E-state index in [1.165, 1.54) is 12.3 Å². The molecule has 0 atom stereocenters. The Morgan fingerprint density at radius 2 is 2.75 bits per heavy atom. The molecule has 0 N–H and O–H groups in total. The molecule has 3 heteroatoms. The minimum Gasteiger partial charge on any atom is -0.231 e. The van der Waals surface area contributed by atoms with Crippen LogP contribution in [-0.4, -0.2) is 9.97 Å². The first-order valence-electron chi connectivity index (χ1n) is 3.49. The van der Waals surface area contributed by atoms with Gasteiger partial charge in [0.15, 0.2) is 4.73 Å². The Morgan fingerprint density at radius 1 is 1.88 bits per heavy atom. The third-order valence-electron chi connectivity index (χ3n) is 0.626. The molecular weight excluding hydrogens is 168 g/mol. The first-order chi connectivity index (χ1) is 5.00. The second-order valence-corrected chi connectivity index (χ2v) is 1.92. The molecule has 42 valence electrons. The van der Waals surface area contributed by atoms with Gasteiger partial charge in [-0.25, -0.2) is 9.97 Å². The van der Waals surface area contributed by atoms with Crippen molar-refractivity contribution in [3.05, 3.63) is 22.7 Å². The van der Waals surface area contributed by atoms with Gasteiger partial charge >= 0.3 is 0 Å². The summed E-state index contributed by atoms with van der Waals surface area (Å²) >= 11 is 2.98. The summed E-state index contributed by atoms with van der Waals surface area (Å²) in [6, 6.07) is 1.37. The van der Waals surface area contributed by atoms with Crippen molar-refractivity contribution in [1.29, 1.82) is 0 Å². The smallest absolute Gasteiger partial charge is 0.196 e. The number of rotatable bonds is 0. The van der Waals surface area contributed by atoms with Crippen LogP contribution in [0.15, 0.2) is 17.0 Å². The molecule has 0 aliphatic carbocycles. The lowest BCUT2D eigenvalue weighted by Gasteiger charge is -1.87. The number of aromatic nitrogens is 2. The van der Waals surface area contributed by atoms with Crippen LogP contribution in [0, 0.1) is 6.85 Å². The molecule has 0 unspecified atom stereocenters. The van der Waals surface area contributed by atoms with Crippen molar-refractivity contribution in [2.24, 2.45) is 0 Å². The van der Waals surface area contributed by atoms with Crippen molar-refractivity contribution in [3.8, 4) is 0 Å². The van der Waals surface area contributed by atoms with E-state index in [4.69, 9.17) is 4.11 Å². The summed E-state index contributed by atoms with van der Waals surface area (Å²) in [6.45, 7) is -2.15. The fourth-order valence-electron chi connectivity index (χ4n) is 0.335. The Hall–Kier alpha value is -0.440. The summed E-state index contributed by atoms with van der Waals surface area (Å²) in [5.41, 5.74) is 0.0550. The van der Waals surface area contributed by atoms with Crippen LogP contribution in [0.3, 0.4) is 0 Å². The Morgan fingerprint density at radius 3 is 3.25 bits per heavy atom. The van der Waals surface area contributed by atoms with E-state index in [0.29, 0.717) is 4.73 Å². The highest BCUT2D eigenvalue weighted by atomic mass is 79.9. The van der Waals surface area contributed by atoms with E-state index in [2.05, 4.69) is 25.9 Å². The summed E-state index contributed by atoms with van der Waals surface area (Å²) in [5, 5.41) is 0. The van der Waals surface area contributed by atoms with Gasteiger partial charge in [0, 0.05) is 16.0 Å². The molecule has 0 spiro atoms. The molecule has 1 rings (SSSR count). The first-order valence-corrected chi connectivity index (χ1v) is 2.78. The molecule has 0 aromatic carbocycles. The van der Waals surface area contributed by atoms with Crippen molar-refractivity contribution in [2.75, 3.05) is 0 Å². The molecule has 0 bridgehead atoms. The number of aryl methyl sites for hydroxylation is 1. The van der Waals surface area contributed by atoms with E-state index >= 15 is 0 Å². The molecular formula is C5H5BrN2. The van der Waals surface area contributed by atoms with Crippen LogP contribution in [0.4, 0.5) is 0 Å². The van der Waals surface area contributed by atoms with Crippen molar-refractivity contribution < 1.29 is 4.11 Å². The Kier molecular flexibility index (Phi) is 0.809. The lowest BCUT2D eigenvalue weighted by atomic mass is 10.5. The highest BCUT2D eigenvalue weighted by Crippen LogP contribution is 1.99. The molecule has 1 aromatic rings. The predicted molar refractivity (Wildman–Crippen MR) is 34.5 cm³/mol. The average Bonchev–Trinajstić information content (AvgIpc) is 1.86. The SMILES string of the molecule is [2H]C([2H])([2H])c1ccnc(Br)n1. The lowest BCUT2D eigenvalue weighted by Crippen LogP contribution is -1.82. The minimum absolute atomic E-state index is 0.0550. The zero-order valence-electron chi connectivity index (χ0n) is 6.93. The molecule has 0 aliphatic heterocycles. The molecule has 0 amide bonds. The average molecular weight is 176 g/mol.